The predicted molar refractivity (Wildman–Crippen MR) is 66.6 cm³/mol. The van der Waals surface area contributed by atoms with Crippen molar-refractivity contribution in [3.05, 3.63) is 0 Å². The maximum atomic E-state index is 11.5. The minimum absolute atomic E-state index is 0.102. The van der Waals surface area contributed by atoms with Crippen LogP contribution < -0.4 is 16.0 Å². The Morgan fingerprint density at radius 3 is 2.78 bits per heavy atom. The predicted octanol–water partition coefficient (Wildman–Crippen LogP) is -0.456. The summed E-state index contributed by atoms with van der Waals surface area (Å²) in [6, 6.07) is -0.446. The maximum Gasteiger partial charge on any atom is 0.243 e. The van der Waals surface area contributed by atoms with Crippen molar-refractivity contribution in [2.75, 3.05) is 13.1 Å². The Labute approximate surface area is 107 Å². The highest BCUT2D eigenvalue weighted by molar-refractivity contribution is 6.00. The molecule has 3 N–H and O–H groups in total. The lowest BCUT2D eigenvalue weighted by Gasteiger charge is -2.21. The molecule has 1 rings (SSSR count). The number of imide groups is 1. The minimum Gasteiger partial charge on any atom is -0.355 e. The van der Waals surface area contributed by atoms with Gasteiger partial charge in [-0.1, -0.05) is 13.8 Å². The summed E-state index contributed by atoms with van der Waals surface area (Å²) in [6.45, 7) is 4.93. The van der Waals surface area contributed by atoms with Gasteiger partial charge in [-0.3, -0.25) is 25.0 Å². The van der Waals surface area contributed by atoms with Crippen LogP contribution in [0.2, 0.25) is 0 Å². The molecule has 1 aliphatic heterocycles. The first-order valence-corrected chi connectivity index (χ1v) is 6.33. The first-order valence-electron chi connectivity index (χ1n) is 6.33. The number of hydrogen-bond acceptors (Lipinski definition) is 4. The average Bonchev–Trinajstić information content (AvgIpc) is 2.27. The van der Waals surface area contributed by atoms with Gasteiger partial charge < -0.3 is 5.32 Å². The molecule has 0 radical (unpaired) electrons. The number of rotatable bonds is 6. The monoisotopic (exact) mass is 255 g/mol. The number of nitrogens with one attached hydrogen (secondary N) is 3. The van der Waals surface area contributed by atoms with Crippen molar-refractivity contribution in [2.45, 2.75) is 39.2 Å². The number of carbonyl (C=O) groups is 3. The summed E-state index contributed by atoms with van der Waals surface area (Å²) in [5.41, 5.74) is 0. The molecule has 6 heteroatoms. The van der Waals surface area contributed by atoms with Crippen LogP contribution in [0.3, 0.4) is 0 Å². The van der Waals surface area contributed by atoms with Crippen LogP contribution in [0.15, 0.2) is 0 Å². The lowest BCUT2D eigenvalue weighted by atomic mass is 10.1. The number of amides is 3. The van der Waals surface area contributed by atoms with E-state index >= 15 is 0 Å². The molecule has 0 aromatic heterocycles. The van der Waals surface area contributed by atoms with Crippen molar-refractivity contribution in [1.29, 1.82) is 0 Å². The smallest absolute Gasteiger partial charge is 0.243 e. The molecule has 0 aliphatic carbocycles. The van der Waals surface area contributed by atoms with Crippen molar-refractivity contribution in [1.82, 2.24) is 16.0 Å². The van der Waals surface area contributed by atoms with Gasteiger partial charge in [-0.05, 0) is 18.8 Å². The molecule has 6 nitrogen and oxygen atoms in total. The lowest BCUT2D eigenvalue weighted by molar-refractivity contribution is -0.134. The van der Waals surface area contributed by atoms with Crippen molar-refractivity contribution in [3.63, 3.8) is 0 Å². The quantitative estimate of drug-likeness (QED) is 0.561. The SMILES string of the molecule is CC(C)CCNC(=O)CNC1CCC(=O)NC1=O. The topological polar surface area (TPSA) is 87.3 Å². The van der Waals surface area contributed by atoms with E-state index < -0.39 is 6.04 Å². The molecule has 1 saturated heterocycles. The van der Waals surface area contributed by atoms with Gasteiger partial charge in [0.2, 0.25) is 17.7 Å². The van der Waals surface area contributed by atoms with Crippen LogP contribution in [0.25, 0.3) is 0 Å². The summed E-state index contributed by atoms with van der Waals surface area (Å²) < 4.78 is 0. The minimum atomic E-state index is -0.446. The van der Waals surface area contributed by atoms with Crippen LogP contribution in [0.1, 0.15) is 33.1 Å². The van der Waals surface area contributed by atoms with Gasteiger partial charge >= 0.3 is 0 Å². The van der Waals surface area contributed by atoms with Gasteiger partial charge in [0.25, 0.3) is 0 Å². The Hall–Kier alpha value is -1.43. The third-order valence-corrected chi connectivity index (χ3v) is 2.79. The number of hydrogen-bond donors (Lipinski definition) is 3. The first-order chi connectivity index (χ1) is 8.49. The van der Waals surface area contributed by atoms with E-state index in [9.17, 15) is 14.4 Å². The zero-order valence-corrected chi connectivity index (χ0v) is 10.9. The van der Waals surface area contributed by atoms with E-state index in [1.807, 2.05) is 0 Å². The van der Waals surface area contributed by atoms with E-state index in [1.165, 1.54) is 0 Å². The van der Waals surface area contributed by atoms with Crippen molar-refractivity contribution >= 4 is 17.7 Å². The van der Waals surface area contributed by atoms with E-state index in [0.29, 0.717) is 25.3 Å². The highest BCUT2D eigenvalue weighted by Gasteiger charge is 2.26. The third kappa shape index (κ3) is 5.27. The number of piperidine rings is 1. The second-order valence-electron chi connectivity index (χ2n) is 4.92. The Balaban J connectivity index is 2.18. The van der Waals surface area contributed by atoms with Crippen molar-refractivity contribution in [3.8, 4) is 0 Å². The zero-order valence-electron chi connectivity index (χ0n) is 10.9. The Kier molecular flexibility index (Phi) is 5.77. The summed E-state index contributed by atoms with van der Waals surface area (Å²) in [4.78, 5) is 33.8. The van der Waals surface area contributed by atoms with Crippen LogP contribution in [0, 0.1) is 5.92 Å². The van der Waals surface area contributed by atoms with E-state index in [1.54, 1.807) is 0 Å². The zero-order chi connectivity index (χ0) is 13.5. The molecule has 1 unspecified atom stereocenters. The van der Waals surface area contributed by atoms with Crippen molar-refractivity contribution in [2.24, 2.45) is 5.92 Å². The molecule has 0 aromatic rings. The Bertz CT molecular complexity index is 329. The number of carbonyl (C=O) groups excluding carboxylic acids is 3. The molecule has 1 aliphatic rings. The molecule has 18 heavy (non-hydrogen) atoms. The van der Waals surface area contributed by atoms with E-state index in [-0.39, 0.29) is 24.3 Å². The largest absolute Gasteiger partial charge is 0.355 e. The van der Waals surface area contributed by atoms with Crippen LogP contribution in [0.5, 0.6) is 0 Å². The highest BCUT2D eigenvalue weighted by atomic mass is 16.2. The molecule has 0 saturated carbocycles. The van der Waals surface area contributed by atoms with Gasteiger partial charge in [0.15, 0.2) is 0 Å². The van der Waals surface area contributed by atoms with E-state index in [4.69, 9.17) is 0 Å². The van der Waals surface area contributed by atoms with Gasteiger partial charge in [-0.25, -0.2) is 0 Å². The normalized spacial score (nSPS) is 19.8. The second kappa shape index (κ2) is 7.10. The molecule has 1 fully saturated rings. The fourth-order valence-corrected chi connectivity index (χ4v) is 1.67. The van der Waals surface area contributed by atoms with Crippen LogP contribution in [-0.2, 0) is 14.4 Å². The van der Waals surface area contributed by atoms with Gasteiger partial charge in [-0.15, -0.1) is 0 Å². The van der Waals surface area contributed by atoms with Gasteiger partial charge in [0.1, 0.15) is 0 Å². The Morgan fingerprint density at radius 2 is 2.17 bits per heavy atom. The highest BCUT2D eigenvalue weighted by Crippen LogP contribution is 2.03. The summed E-state index contributed by atoms with van der Waals surface area (Å²) in [5, 5.41) is 7.87. The molecule has 0 spiro atoms. The molecular formula is C12H21N3O3. The van der Waals surface area contributed by atoms with Gasteiger partial charge in [0, 0.05) is 13.0 Å². The summed E-state index contributed by atoms with van der Waals surface area (Å²) in [6.07, 6.45) is 1.70. The standard InChI is InChI=1S/C12H21N3O3/c1-8(2)5-6-13-11(17)7-14-9-3-4-10(16)15-12(9)18/h8-9,14H,3-7H2,1-2H3,(H,13,17)(H,15,16,18). The fourth-order valence-electron chi connectivity index (χ4n) is 1.67. The second-order valence-corrected chi connectivity index (χ2v) is 4.92. The molecule has 1 heterocycles. The van der Waals surface area contributed by atoms with Crippen LogP contribution >= 0.6 is 0 Å². The maximum absolute atomic E-state index is 11.5. The summed E-state index contributed by atoms with van der Waals surface area (Å²) in [7, 11) is 0. The molecular weight excluding hydrogens is 234 g/mol. The summed E-state index contributed by atoms with van der Waals surface area (Å²) in [5.74, 6) is -0.172. The first kappa shape index (κ1) is 14.6. The van der Waals surface area contributed by atoms with Crippen LogP contribution in [-0.4, -0.2) is 36.9 Å². The van der Waals surface area contributed by atoms with Gasteiger partial charge in [0.05, 0.1) is 12.6 Å². The third-order valence-electron chi connectivity index (χ3n) is 2.79. The lowest BCUT2D eigenvalue weighted by Crippen LogP contribution is -2.52. The average molecular weight is 255 g/mol. The molecule has 102 valence electrons. The van der Waals surface area contributed by atoms with E-state index in [0.717, 1.165) is 6.42 Å². The Morgan fingerprint density at radius 1 is 1.44 bits per heavy atom. The molecule has 1 atom stereocenters. The fraction of sp³-hybridized carbons (Fsp3) is 0.750. The molecule has 0 aromatic carbocycles. The molecule has 3 amide bonds. The molecule has 0 bridgehead atoms. The summed E-state index contributed by atoms with van der Waals surface area (Å²) >= 11 is 0. The van der Waals surface area contributed by atoms with Crippen LogP contribution in [0.4, 0.5) is 0 Å². The van der Waals surface area contributed by atoms with Gasteiger partial charge in [-0.2, -0.15) is 0 Å². The van der Waals surface area contributed by atoms with Crippen molar-refractivity contribution < 1.29 is 14.4 Å². The van der Waals surface area contributed by atoms with E-state index in [2.05, 4.69) is 29.8 Å².